The van der Waals surface area contributed by atoms with Gasteiger partial charge < -0.3 is 5.11 Å². The number of ketones is 1. The largest absolute Gasteiger partial charge is 0.389 e. The summed E-state index contributed by atoms with van der Waals surface area (Å²) in [6, 6.07) is 0. The number of Topliss-reactive ketones (excluding diaryl/α,β-unsaturated/α-hetero) is 1. The SMILES string of the molecule is C/C1=C/CC/C(C)=C/C[C@]2(C)CC[C@](O)(C(C)C)C2CC1=O. The van der Waals surface area contributed by atoms with Crippen LogP contribution in [-0.2, 0) is 4.79 Å². The second kappa shape index (κ2) is 6.31. The van der Waals surface area contributed by atoms with Gasteiger partial charge in [-0.05, 0) is 62.9 Å². The van der Waals surface area contributed by atoms with Gasteiger partial charge in [0, 0.05) is 12.3 Å². The van der Waals surface area contributed by atoms with Crippen molar-refractivity contribution in [3.63, 3.8) is 0 Å². The Bertz CT molecular complexity index is 500. The van der Waals surface area contributed by atoms with E-state index in [1.165, 1.54) is 5.57 Å². The van der Waals surface area contributed by atoms with Crippen molar-refractivity contribution in [1.82, 2.24) is 0 Å². The van der Waals surface area contributed by atoms with E-state index < -0.39 is 5.60 Å². The molecule has 0 spiro atoms. The number of hydrogen-bond acceptors (Lipinski definition) is 2. The summed E-state index contributed by atoms with van der Waals surface area (Å²) in [5.41, 5.74) is 1.59. The predicted molar refractivity (Wildman–Crippen MR) is 91.6 cm³/mol. The standard InChI is InChI=1S/C20H32O2/c1-14(2)20(22)12-11-19(5)10-9-15(3)7-6-8-16(4)17(21)13-18(19)20/h8-9,14,18,22H,6-7,10-13H2,1-5H3/b15-9+,16-8-/t18?,19-,20+/m1/s1. The van der Waals surface area contributed by atoms with Crippen molar-refractivity contribution in [3.05, 3.63) is 23.3 Å². The van der Waals surface area contributed by atoms with Crippen molar-refractivity contribution >= 4 is 5.78 Å². The molecule has 1 fully saturated rings. The first kappa shape index (κ1) is 17.5. The lowest BCUT2D eigenvalue weighted by Gasteiger charge is -2.40. The Morgan fingerprint density at radius 2 is 1.91 bits per heavy atom. The average molecular weight is 304 g/mol. The van der Waals surface area contributed by atoms with Gasteiger partial charge in [0.05, 0.1) is 5.60 Å². The molecule has 0 aromatic rings. The minimum absolute atomic E-state index is 0.0283. The van der Waals surface area contributed by atoms with Crippen LogP contribution in [0.15, 0.2) is 23.3 Å². The van der Waals surface area contributed by atoms with E-state index in [1.807, 2.05) is 6.92 Å². The van der Waals surface area contributed by atoms with E-state index in [0.29, 0.717) is 6.42 Å². The smallest absolute Gasteiger partial charge is 0.158 e. The molecule has 3 atom stereocenters. The zero-order valence-corrected chi connectivity index (χ0v) is 14.9. The lowest BCUT2D eigenvalue weighted by molar-refractivity contribution is -0.122. The summed E-state index contributed by atoms with van der Waals surface area (Å²) in [5, 5.41) is 11.3. The Morgan fingerprint density at radius 3 is 2.55 bits per heavy atom. The predicted octanol–water partition coefficient (Wildman–Crippen LogP) is 4.83. The van der Waals surface area contributed by atoms with E-state index >= 15 is 0 Å². The minimum atomic E-state index is -0.708. The Morgan fingerprint density at radius 1 is 1.23 bits per heavy atom. The monoisotopic (exact) mass is 304 g/mol. The van der Waals surface area contributed by atoms with Gasteiger partial charge in [0.1, 0.15) is 0 Å². The van der Waals surface area contributed by atoms with E-state index in [9.17, 15) is 9.90 Å². The first-order valence-electron chi connectivity index (χ1n) is 8.77. The van der Waals surface area contributed by atoms with Crippen molar-refractivity contribution < 1.29 is 9.90 Å². The van der Waals surface area contributed by atoms with Crippen LogP contribution in [0.2, 0.25) is 0 Å². The second-order valence-electron chi connectivity index (χ2n) is 8.16. The molecule has 1 saturated carbocycles. The molecule has 2 heteroatoms. The molecule has 0 amide bonds. The topological polar surface area (TPSA) is 37.3 Å². The zero-order valence-electron chi connectivity index (χ0n) is 14.9. The van der Waals surface area contributed by atoms with E-state index in [4.69, 9.17) is 0 Å². The molecule has 1 N–H and O–H groups in total. The molecular formula is C20H32O2. The van der Waals surface area contributed by atoms with Gasteiger partial charge in [-0.2, -0.15) is 0 Å². The molecule has 0 aliphatic heterocycles. The lowest BCUT2D eigenvalue weighted by atomic mass is 9.67. The van der Waals surface area contributed by atoms with Crippen molar-refractivity contribution in [2.45, 2.75) is 78.7 Å². The molecule has 0 radical (unpaired) electrons. The fourth-order valence-electron chi connectivity index (χ4n) is 4.28. The highest BCUT2D eigenvalue weighted by Crippen LogP contribution is 2.56. The van der Waals surface area contributed by atoms with E-state index in [1.54, 1.807) is 0 Å². The molecule has 0 aromatic heterocycles. The minimum Gasteiger partial charge on any atom is -0.389 e. The number of carbonyl (C=O) groups is 1. The van der Waals surface area contributed by atoms with Crippen LogP contribution < -0.4 is 0 Å². The van der Waals surface area contributed by atoms with Crippen molar-refractivity contribution in [3.8, 4) is 0 Å². The number of hydrogen-bond donors (Lipinski definition) is 1. The van der Waals surface area contributed by atoms with Gasteiger partial charge in [0.15, 0.2) is 5.78 Å². The van der Waals surface area contributed by atoms with Crippen molar-refractivity contribution in [1.29, 1.82) is 0 Å². The highest BCUT2D eigenvalue weighted by molar-refractivity contribution is 5.95. The molecule has 2 aliphatic carbocycles. The van der Waals surface area contributed by atoms with Crippen LogP contribution in [0.1, 0.15) is 73.1 Å². The van der Waals surface area contributed by atoms with Crippen LogP contribution in [0.3, 0.4) is 0 Å². The van der Waals surface area contributed by atoms with Crippen LogP contribution >= 0.6 is 0 Å². The van der Waals surface area contributed by atoms with Crippen molar-refractivity contribution in [2.24, 2.45) is 17.3 Å². The summed E-state index contributed by atoms with van der Waals surface area (Å²) in [4.78, 5) is 12.6. The Kier molecular flexibility index (Phi) is 5.01. The summed E-state index contributed by atoms with van der Waals surface area (Å²) in [7, 11) is 0. The van der Waals surface area contributed by atoms with E-state index in [0.717, 1.165) is 37.7 Å². The molecule has 2 aliphatic rings. The molecule has 1 unspecified atom stereocenters. The Labute approximate surface area is 135 Å². The summed E-state index contributed by atoms with van der Waals surface area (Å²) < 4.78 is 0. The molecule has 0 heterocycles. The maximum Gasteiger partial charge on any atom is 0.158 e. The average Bonchev–Trinajstić information content (AvgIpc) is 2.70. The molecule has 22 heavy (non-hydrogen) atoms. The molecule has 2 nitrogen and oxygen atoms in total. The van der Waals surface area contributed by atoms with Gasteiger partial charge in [-0.1, -0.05) is 38.5 Å². The number of carbonyl (C=O) groups excluding carboxylic acids is 1. The van der Waals surface area contributed by atoms with Crippen LogP contribution in [-0.4, -0.2) is 16.5 Å². The molecule has 0 aromatic carbocycles. The third-order valence-electron chi connectivity index (χ3n) is 6.28. The van der Waals surface area contributed by atoms with Gasteiger partial charge in [-0.3, -0.25) is 4.79 Å². The molecule has 0 bridgehead atoms. The molecule has 124 valence electrons. The van der Waals surface area contributed by atoms with Crippen molar-refractivity contribution in [2.75, 3.05) is 0 Å². The third kappa shape index (κ3) is 3.22. The summed E-state index contributed by atoms with van der Waals surface area (Å²) >= 11 is 0. The molecular weight excluding hydrogens is 272 g/mol. The van der Waals surface area contributed by atoms with Gasteiger partial charge in [-0.15, -0.1) is 0 Å². The zero-order chi connectivity index (χ0) is 16.5. The number of fused-ring (bicyclic) bond motifs is 1. The number of allylic oxidation sites excluding steroid dienone is 4. The Balaban J connectivity index is 2.42. The first-order valence-corrected chi connectivity index (χ1v) is 8.77. The maximum absolute atomic E-state index is 12.6. The second-order valence-corrected chi connectivity index (χ2v) is 8.16. The number of rotatable bonds is 1. The molecule has 2 rings (SSSR count). The van der Waals surface area contributed by atoms with Crippen LogP contribution in [0.4, 0.5) is 0 Å². The summed E-state index contributed by atoms with van der Waals surface area (Å²) in [6.07, 6.45) is 9.67. The normalized spacial score (nSPS) is 42.1. The highest BCUT2D eigenvalue weighted by Gasteiger charge is 2.55. The van der Waals surface area contributed by atoms with Crippen LogP contribution in [0.5, 0.6) is 0 Å². The number of aliphatic hydroxyl groups is 1. The van der Waals surface area contributed by atoms with Gasteiger partial charge >= 0.3 is 0 Å². The van der Waals surface area contributed by atoms with Gasteiger partial charge in [0.2, 0.25) is 0 Å². The third-order valence-corrected chi connectivity index (χ3v) is 6.28. The van der Waals surface area contributed by atoms with E-state index in [-0.39, 0.29) is 23.0 Å². The fourth-order valence-corrected chi connectivity index (χ4v) is 4.28. The van der Waals surface area contributed by atoms with E-state index in [2.05, 4.69) is 39.8 Å². The van der Waals surface area contributed by atoms with Gasteiger partial charge in [-0.25, -0.2) is 0 Å². The first-order chi connectivity index (χ1) is 10.2. The van der Waals surface area contributed by atoms with Crippen LogP contribution in [0.25, 0.3) is 0 Å². The molecule has 0 saturated heterocycles. The summed E-state index contributed by atoms with van der Waals surface area (Å²) in [5.74, 6) is 0.460. The summed E-state index contributed by atoms with van der Waals surface area (Å²) in [6.45, 7) is 10.6. The van der Waals surface area contributed by atoms with Gasteiger partial charge in [0.25, 0.3) is 0 Å². The fraction of sp³-hybridized carbons (Fsp3) is 0.750. The highest BCUT2D eigenvalue weighted by atomic mass is 16.3. The quantitative estimate of drug-likeness (QED) is 0.705. The lowest BCUT2D eigenvalue weighted by Crippen LogP contribution is -2.44. The maximum atomic E-state index is 12.6. The van der Waals surface area contributed by atoms with Crippen LogP contribution in [0, 0.1) is 17.3 Å². The Hall–Kier alpha value is -0.890.